The average Bonchev–Trinajstić information content (AvgIpc) is 2.31. The number of anilines is 1. The zero-order valence-electron chi connectivity index (χ0n) is 9.81. The van der Waals surface area contributed by atoms with E-state index in [0.29, 0.717) is 10.0 Å². The number of sulfone groups is 1. The Morgan fingerprint density at radius 2 is 1.84 bits per heavy atom. The summed E-state index contributed by atoms with van der Waals surface area (Å²) in [7, 11) is -3.74. The molecule has 3 nitrogen and oxygen atoms in total. The third-order valence-corrected chi connectivity index (χ3v) is 5.06. The zero-order valence-corrected chi connectivity index (χ0v) is 12.2. The van der Waals surface area contributed by atoms with E-state index in [4.69, 9.17) is 5.73 Å². The summed E-state index contributed by atoms with van der Waals surface area (Å²) >= 11 is 3.27. The van der Waals surface area contributed by atoms with Crippen LogP contribution in [0.5, 0.6) is 0 Å². The molecule has 0 atom stereocenters. The maximum Gasteiger partial charge on any atom is 0.185 e. The van der Waals surface area contributed by atoms with Crippen LogP contribution >= 0.6 is 15.9 Å². The molecule has 2 aromatic carbocycles. The lowest BCUT2D eigenvalue weighted by Crippen LogP contribution is -2.08. The van der Waals surface area contributed by atoms with Gasteiger partial charge < -0.3 is 5.73 Å². The highest BCUT2D eigenvalue weighted by atomic mass is 79.9. The lowest BCUT2D eigenvalue weighted by atomic mass is 10.2. The lowest BCUT2D eigenvalue weighted by Gasteiger charge is -2.08. The van der Waals surface area contributed by atoms with E-state index in [1.54, 1.807) is 24.3 Å². The molecule has 0 spiro atoms. The molecular weight excluding hydrogens is 333 g/mol. The SMILES string of the molecule is Nc1ccc(S(=O)(=O)Cc2ccccc2Br)c(F)c1. The van der Waals surface area contributed by atoms with E-state index in [2.05, 4.69) is 15.9 Å². The summed E-state index contributed by atoms with van der Waals surface area (Å²) < 4.78 is 38.7. The molecule has 0 unspecified atom stereocenters. The fourth-order valence-corrected chi connectivity index (χ4v) is 3.73. The van der Waals surface area contributed by atoms with Crippen LogP contribution in [0.4, 0.5) is 10.1 Å². The van der Waals surface area contributed by atoms with Gasteiger partial charge in [-0.1, -0.05) is 34.1 Å². The standard InChI is InChI=1S/C13H11BrFNO2S/c14-11-4-2-1-3-9(11)8-19(17,18)13-6-5-10(16)7-12(13)15/h1-7H,8,16H2. The first kappa shape index (κ1) is 14.0. The van der Waals surface area contributed by atoms with Gasteiger partial charge in [0.15, 0.2) is 9.84 Å². The van der Waals surface area contributed by atoms with Crippen molar-refractivity contribution in [3.05, 3.63) is 58.3 Å². The molecule has 0 bridgehead atoms. The van der Waals surface area contributed by atoms with E-state index in [1.165, 1.54) is 12.1 Å². The van der Waals surface area contributed by atoms with Crippen LogP contribution in [-0.2, 0) is 15.6 Å². The van der Waals surface area contributed by atoms with Gasteiger partial charge in [0.05, 0.1) is 5.75 Å². The van der Waals surface area contributed by atoms with Crippen LogP contribution in [0.2, 0.25) is 0 Å². The van der Waals surface area contributed by atoms with Gasteiger partial charge in [-0.25, -0.2) is 12.8 Å². The minimum absolute atomic E-state index is 0.192. The zero-order chi connectivity index (χ0) is 14.0. The van der Waals surface area contributed by atoms with Crippen LogP contribution < -0.4 is 5.73 Å². The normalized spacial score (nSPS) is 11.5. The Morgan fingerprint density at radius 1 is 1.16 bits per heavy atom. The summed E-state index contributed by atoms with van der Waals surface area (Å²) in [5.74, 6) is -1.10. The predicted molar refractivity (Wildman–Crippen MR) is 75.8 cm³/mol. The summed E-state index contributed by atoms with van der Waals surface area (Å²) in [5.41, 5.74) is 6.18. The summed E-state index contributed by atoms with van der Waals surface area (Å²) in [6.07, 6.45) is 0. The molecule has 0 heterocycles. The first-order valence-corrected chi connectivity index (χ1v) is 7.86. The van der Waals surface area contributed by atoms with Gasteiger partial charge in [0, 0.05) is 10.2 Å². The molecule has 0 amide bonds. The second-order valence-corrected chi connectivity index (χ2v) is 6.85. The first-order valence-electron chi connectivity index (χ1n) is 5.41. The Kier molecular flexibility index (Phi) is 3.91. The molecule has 0 aliphatic rings. The summed E-state index contributed by atoms with van der Waals surface area (Å²) in [4.78, 5) is -0.336. The van der Waals surface area contributed by atoms with Crippen LogP contribution in [-0.4, -0.2) is 8.42 Å². The molecule has 0 radical (unpaired) electrons. The first-order chi connectivity index (χ1) is 8.90. The highest BCUT2D eigenvalue weighted by molar-refractivity contribution is 9.10. The molecular formula is C13H11BrFNO2S. The van der Waals surface area contributed by atoms with E-state index in [9.17, 15) is 12.8 Å². The second kappa shape index (κ2) is 5.30. The van der Waals surface area contributed by atoms with Crippen molar-refractivity contribution in [2.75, 3.05) is 5.73 Å². The van der Waals surface area contributed by atoms with Gasteiger partial charge in [0.25, 0.3) is 0 Å². The van der Waals surface area contributed by atoms with E-state index >= 15 is 0 Å². The average molecular weight is 344 g/mol. The Bertz CT molecular complexity index is 716. The number of nitrogen functional groups attached to an aromatic ring is 1. The maximum atomic E-state index is 13.7. The number of rotatable bonds is 3. The predicted octanol–water partition coefficient (Wildman–Crippen LogP) is 3.14. The Balaban J connectivity index is 2.41. The second-order valence-electron chi connectivity index (χ2n) is 4.04. The molecule has 100 valence electrons. The molecule has 0 fully saturated rings. The number of benzene rings is 2. The molecule has 0 aliphatic heterocycles. The molecule has 0 aromatic heterocycles. The number of hydrogen-bond acceptors (Lipinski definition) is 3. The minimum Gasteiger partial charge on any atom is -0.399 e. The van der Waals surface area contributed by atoms with Crippen molar-refractivity contribution in [1.82, 2.24) is 0 Å². The molecule has 19 heavy (non-hydrogen) atoms. The topological polar surface area (TPSA) is 60.2 Å². The molecule has 2 aromatic rings. The van der Waals surface area contributed by atoms with E-state index in [-0.39, 0.29) is 16.3 Å². The molecule has 6 heteroatoms. The van der Waals surface area contributed by atoms with Crippen LogP contribution in [0.3, 0.4) is 0 Å². The fourth-order valence-electron chi connectivity index (χ4n) is 1.67. The molecule has 0 saturated heterocycles. The van der Waals surface area contributed by atoms with Gasteiger partial charge in [-0.2, -0.15) is 0 Å². The smallest absolute Gasteiger partial charge is 0.185 e. The summed E-state index contributed by atoms with van der Waals surface area (Å²) in [6, 6.07) is 10.5. The fraction of sp³-hybridized carbons (Fsp3) is 0.0769. The van der Waals surface area contributed by atoms with Crippen molar-refractivity contribution in [3.63, 3.8) is 0 Å². The molecule has 0 aliphatic carbocycles. The van der Waals surface area contributed by atoms with Crippen molar-refractivity contribution >= 4 is 31.5 Å². The van der Waals surface area contributed by atoms with Crippen LogP contribution in [0.1, 0.15) is 5.56 Å². The number of hydrogen-bond donors (Lipinski definition) is 1. The van der Waals surface area contributed by atoms with Gasteiger partial charge in [0.2, 0.25) is 0 Å². The summed E-state index contributed by atoms with van der Waals surface area (Å²) in [5, 5.41) is 0. The van der Waals surface area contributed by atoms with Gasteiger partial charge in [-0.3, -0.25) is 0 Å². The molecule has 0 saturated carbocycles. The van der Waals surface area contributed by atoms with Crippen molar-refractivity contribution in [3.8, 4) is 0 Å². The van der Waals surface area contributed by atoms with Crippen molar-refractivity contribution < 1.29 is 12.8 Å². The number of halogens is 2. The minimum atomic E-state index is -3.74. The quantitative estimate of drug-likeness (QED) is 0.871. The van der Waals surface area contributed by atoms with Crippen molar-refractivity contribution in [2.24, 2.45) is 0 Å². The number of nitrogens with two attached hydrogens (primary N) is 1. The highest BCUT2D eigenvalue weighted by Crippen LogP contribution is 2.24. The van der Waals surface area contributed by atoms with Crippen molar-refractivity contribution in [1.29, 1.82) is 0 Å². The van der Waals surface area contributed by atoms with Gasteiger partial charge in [-0.15, -0.1) is 0 Å². The maximum absolute atomic E-state index is 13.7. The van der Waals surface area contributed by atoms with E-state index in [1.807, 2.05) is 0 Å². The van der Waals surface area contributed by atoms with Gasteiger partial charge >= 0.3 is 0 Å². The third-order valence-electron chi connectivity index (χ3n) is 2.59. The molecule has 2 N–H and O–H groups in total. The van der Waals surface area contributed by atoms with Crippen molar-refractivity contribution in [2.45, 2.75) is 10.6 Å². The summed E-state index contributed by atoms with van der Waals surface area (Å²) in [6.45, 7) is 0. The largest absolute Gasteiger partial charge is 0.399 e. The van der Waals surface area contributed by atoms with Crippen LogP contribution in [0.15, 0.2) is 51.8 Å². The monoisotopic (exact) mass is 343 g/mol. The van der Waals surface area contributed by atoms with Crippen LogP contribution in [0, 0.1) is 5.82 Å². The molecule has 2 rings (SSSR count). The Morgan fingerprint density at radius 3 is 2.47 bits per heavy atom. The lowest BCUT2D eigenvalue weighted by molar-refractivity contribution is 0.567. The van der Waals surface area contributed by atoms with E-state index < -0.39 is 15.7 Å². The third kappa shape index (κ3) is 3.13. The Labute approximate surface area is 119 Å². The Hall–Kier alpha value is -1.40. The highest BCUT2D eigenvalue weighted by Gasteiger charge is 2.20. The van der Waals surface area contributed by atoms with Gasteiger partial charge in [0.1, 0.15) is 10.7 Å². The van der Waals surface area contributed by atoms with Gasteiger partial charge in [-0.05, 0) is 29.8 Å². The van der Waals surface area contributed by atoms with E-state index in [0.717, 1.165) is 6.07 Å². The van der Waals surface area contributed by atoms with Crippen LogP contribution in [0.25, 0.3) is 0 Å².